The van der Waals surface area contributed by atoms with Crippen LogP contribution in [0.25, 0.3) is 4.96 Å². The van der Waals surface area contributed by atoms with E-state index in [-0.39, 0.29) is 10.6 Å². The molecular formula is C15H13N3O3S2. The molecule has 0 fully saturated rings. The van der Waals surface area contributed by atoms with Crippen LogP contribution in [0.4, 0.5) is 5.69 Å². The van der Waals surface area contributed by atoms with Crippen molar-refractivity contribution >= 4 is 32.0 Å². The smallest absolute Gasteiger partial charge is 0.267 e. The largest absolute Gasteiger partial charge is 0.279 e. The lowest BCUT2D eigenvalue weighted by molar-refractivity contribution is 0.589. The van der Waals surface area contributed by atoms with Crippen LogP contribution >= 0.6 is 11.3 Å². The van der Waals surface area contributed by atoms with Crippen molar-refractivity contribution in [2.24, 2.45) is 0 Å². The molecule has 0 atom stereocenters. The van der Waals surface area contributed by atoms with E-state index in [0.29, 0.717) is 23.6 Å². The third-order valence-corrected chi connectivity index (χ3v) is 6.69. The van der Waals surface area contributed by atoms with E-state index in [4.69, 9.17) is 0 Å². The van der Waals surface area contributed by atoms with Crippen LogP contribution < -0.4 is 9.86 Å². The molecule has 3 heterocycles. The van der Waals surface area contributed by atoms with E-state index in [1.807, 2.05) is 12.1 Å². The van der Waals surface area contributed by atoms with Gasteiger partial charge in [0, 0.05) is 18.1 Å². The topological polar surface area (TPSA) is 71.8 Å². The van der Waals surface area contributed by atoms with Crippen molar-refractivity contribution in [3.63, 3.8) is 0 Å². The van der Waals surface area contributed by atoms with Crippen LogP contribution in [0.15, 0.2) is 45.5 Å². The molecule has 118 valence electrons. The molecular weight excluding hydrogens is 334 g/mol. The number of benzene rings is 1. The summed E-state index contributed by atoms with van der Waals surface area (Å²) in [5, 5.41) is 1.71. The average molecular weight is 347 g/mol. The number of aryl methyl sites for hydroxylation is 1. The molecule has 1 aromatic carbocycles. The Balaban J connectivity index is 1.96. The molecule has 1 aliphatic heterocycles. The number of hydrogen-bond donors (Lipinski definition) is 0. The summed E-state index contributed by atoms with van der Waals surface area (Å²) in [4.78, 5) is 17.2. The summed E-state index contributed by atoms with van der Waals surface area (Å²) in [6.07, 6.45) is 2.19. The van der Waals surface area contributed by atoms with E-state index in [2.05, 4.69) is 4.98 Å². The highest BCUT2D eigenvalue weighted by atomic mass is 32.2. The molecule has 0 unspecified atom stereocenters. The summed E-state index contributed by atoms with van der Waals surface area (Å²) >= 11 is 1.30. The van der Waals surface area contributed by atoms with E-state index in [0.717, 1.165) is 5.56 Å². The van der Waals surface area contributed by atoms with Gasteiger partial charge in [-0.3, -0.25) is 13.5 Å². The van der Waals surface area contributed by atoms with Crippen LogP contribution in [-0.2, 0) is 16.4 Å². The fraction of sp³-hybridized carbons (Fsp3) is 0.200. The number of fused-ring (bicyclic) bond motifs is 2. The Bertz CT molecular complexity index is 1080. The molecule has 0 aliphatic carbocycles. The molecule has 0 saturated carbocycles. The van der Waals surface area contributed by atoms with Gasteiger partial charge in [-0.25, -0.2) is 13.4 Å². The molecule has 8 heteroatoms. The third kappa shape index (κ3) is 2.02. The first-order valence-electron chi connectivity index (χ1n) is 7.07. The zero-order valence-electron chi connectivity index (χ0n) is 12.3. The molecule has 1 aliphatic rings. The monoisotopic (exact) mass is 347 g/mol. The molecule has 3 aromatic rings. The predicted octanol–water partition coefficient (Wildman–Crippen LogP) is 1.82. The van der Waals surface area contributed by atoms with Gasteiger partial charge in [-0.2, -0.15) is 0 Å². The summed E-state index contributed by atoms with van der Waals surface area (Å²) in [6, 6.07) is 7.36. The molecule has 6 nitrogen and oxygen atoms in total. The Labute approximate surface area is 136 Å². The van der Waals surface area contributed by atoms with Gasteiger partial charge in [0.15, 0.2) is 9.86 Å². The molecule has 4 rings (SSSR count). The highest BCUT2D eigenvalue weighted by Gasteiger charge is 2.34. The fourth-order valence-corrected chi connectivity index (χ4v) is 5.41. The number of anilines is 1. The molecule has 0 spiro atoms. The van der Waals surface area contributed by atoms with Gasteiger partial charge in [0.1, 0.15) is 0 Å². The predicted molar refractivity (Wildman–Crippen MR) is 88.8 cm³/mol. The SMILES string of the molecule is Cc1nc2sccn2c(=O)c1S(=O)(=O)N1CCc2ccccc21. The maximum Gasteiger partial charge on any atom is 0.279 e. The van der Waals surface area contributed by atoms with Gasteiger partial charge >= 0.3 is 0 Å². The van der Waals surface area contributed by atoms with Crippen molar-refractivity contribution in [3.05, 3.63) is 57.5 Å². The molecule has 0 amide bonds. The van der Waals surface area contributed by atoms with Crippen LogP contribution in [0.3, 0.4) is 0 Å². The van der Waals surface area contributed by atoms with Crippen LogP contribution in [0, 0.1) is 6.92 Å². The van der Waals surface area contributed by atoms with Crippen molar-refractivity contribution < 1.29 is 8.42 Å². The lowest BCUT2D eigenvalue weighted by atomic mass is 10.2. The summed E-state index contributed by atoms with van der Waals surface area (Å²) in [5.41, 5.74) is 1.31. The number of aromatic nitrogens is 2. The van der Waals surface area contributed by atoms with E-state index < -0.39 is 15.6 Å². The second kappa shape index (κ2) is 4.90. The Morgan fingerprint density at radius 1 is 1.26 bits per heavy atom. The quantitative estimate of drug-likeness (QED) is 0.709. The Kier molecular flexibility index (Phi) is 3.07. The zero-order valence-corrected chi connectivity index (χ0v) is 13.9. The first-order chi connectivity index (χ1) is 11.0. The summed E-state index contributed by atoms with van der Waals surface area (Å²) < 4.78 is 28.8. The maximum atomic E-state index is 13.1. The van der Waals surface area contributed by atoms with Crippen LogP contribution in [0.1, 0.15) is 11.3 Å². The third-order valence-electron chi connectivity index (χ3n) is 3.99. The van der Waals surface area contributed by atoms with E-state index in [1.54, 1.807) is 30.6 Å². The summed E-state index contributed by atoms with van der Waals surface area (Å²) in [6.45, 7) is 1.91. The fourth-order valence-electron chi connectivity index (χ4n) is 2.93. The normalized spacial score (nSPS) is 14.4. The molecule has 0 bridgehead atoms. The standard InChI is InChI=1S/C15H13N3O3S2/c1-10-13(14(19)17-8-9-22-15(17)16-10)23(20,21)18-7-6-11-4-2-3-5-12(11)18/h2-5,8-9H,6-7H2,1H3. The maximum absolute atomic E-state index is 13.1. The average Bonchev–Trinajstić information content (AvgIpc) is 3.13. The van der Waals surface area contributed by atoms with Crippen molar-refractivity contribution in [1.82, 2.24) is 9.38 Å². The highest BCUT2D eigenvalue weighted by molar-refractivity contribution is 7.92. The highest BCUT2D eigenvalue weighted by Crippen LogP contribution is 2.32. The molecule has 2 aromatic heterocycles. The number of hydrogen-bond acceptors (Lipinski definition) is 5. The first kappa shape index (κ1) is 14.4. The molecule has 0 radical (unpaired) electrons. The lowest BCUT2D eigenvalue weighted by Crippen LogP contribution is -2.35. The number of para-hydroxylation sites is 1. The van der Waals surface area contributed by atoms with Gasteiger partial charge in [0.25, 0.3) is 15.6 Å². The molecule has 23 heavy (non-hydrogen) atoms. The summed E-state index contributed by atoms with van der Waals surface area (Å²) in [5.74, 6) is 0. The lowest BCUT2D eigenvalue weighted by Gasteiger charge is -2.19. The van der Waals surface area contributed by atoms with Gasteiger partial charge in [-0.15, -0.1) is 11.3 Å². The van der Waals surface area contributed by atoms with Gasteiger partial charge < -0.3 is 0 Å². The van der Waals surface area contributed by atoms with E-state index in [9.17, 15) is 13.2 Å². The van der Waals surface area contributed by atoms with Gasteiger partial charge in [-0.1, -0.05) is 18.2 Å². The second-order valence-corrected chi connectivity index (χ2v) is 8.02. The second-order valence-electron chi connectivity index (χ2n) is 5.34. The van der Waals surface area contributed by atoms with Crippen molar-refractivity contribution in [3.8, 4) is 0 Å². The van der Waals surface area contributed by atoms with Gasteiger partial charge in [-0.05, 0) is 25.0 Å². The zero-order chi connectivity index (χ0) is 16.2. The number of rotatable bonds is 2. The number of thiazole rings is 1. The van der Waals surface area contributed by atoms with Gasteiger partial charge in [0.2, 0.25) is 0 Å². The summed E-state index contributed by atoms with van der Waals surface area (Å²) in [7, 11) is -3.94. The van der Waals surface area contributed by atoms with Crippen LogP contribution in [0.5, 0.6) is 0 Å². The van der Waals surface area contributed by atoms with E-state index in [1.165, 1.54) is 20.0 Å². The van der Waals surface area contributed by atoms with Gasteiger partial charge in [0.05, 0.1) is 11.4 Å². The van der Waals surface area contributed by atoms with Crippen molar-refractivity contribution in [2.45, 2.75) is 18.2 Å². The minimum absolute atomic E-state index is 0.238. The Morgan fingerprint density at radius 3 is 2.87 bits per heavy atom. The minimum Gasteiger partial charge on any atom is -0.267 e. The van der Waals surface area contributed by atoms with E-state index >= 15 is 0 Å². The Morgan fingerprint density at radius 2 is 2.04 bits per heavy atom. The first-order valence-corrected chi connectivity index (χ1v) is 9.39. The number of sulfonamides is 1. The van der Waals surface area contributed by atoms with Crippen molar-refractivity contribution in [1.29, 1.82) is 0 Å². The van der Waals surface area contributed by atoms with Crippen LogP contribution in [0.2, 0.25) is 0 Å². The number of nitrogens with zero attached hydrogens (tertiary/aromatic N) is 3. The Hall–Kier alpha value is -2.19. The minimum atomic E-state index is -3.94. The molecule has 0 N–H and O–H groups in total. The molecule has 0 saturated heterocycles. The van der Waals surface area contributed by atoms with Crippen LogP contribution in [-0.4, -0.2) is 24.3 Å². The van der Waals surface area contributed by atoms with Crippen molar-refractivity contribution in [2.75, 3.05) is 10.8 Å².